The lowest BCUT2D eigenvalue weighted by Gasteiger charge is -2.07. The molecule has 2 aromatic rings. The van der Waals surface area contributed by atoms with Crippen LogP contribution >= 0.6 is 23.2 Å². The van der Waals surface area contributed by atoms with Crippen molar-refractivity contribution in [3.8, 4) is 0 Å². The Morgan fingerprint density at radius 1 is 1.00 bits per heavy atom. The average Bonchev–Trinajstić information content (AvgIpc) is 2.30. The molecule has 0 radical (unpaired) electrons. The largest absolute Gasteiger partial charge is 0.350 e. The van der Waals surface area contributed by atoms with E-state index < -0.39 is 0 Å². The number of halogens is 2. The van der Waals surface area contributed by atoms with Crippen LogP contribution in [0.4, 0.5) is 5.95 Å². The van der Waals surface area contributed by atoms with E-state index >= 15 is 0 Å². The Balaban J connectivity index is 2.11. The van der Waals surface area contributed by atoms with Crippen LogP contribution in [0.2, 0.25) is 10.0 Å². The van der Waals surface area contributed by atoms with Crippen molar-refractivity contribution in [2.45, 2.75) is 6.54 Å². The minimum Gasteiger partial charge on any atom is -0.350 e. The van der Waals surface area contributed by atoms with Gasteiger partial charge in [0.15, 0.2) is 0 Å². The normalized spacial score (nSPS) is 10.1. The van der Waals surface area contributed by atoms with Crippen molar-refractivity contribution in [2.75, 3.05) is 5.32 Å². The summed E-state index contributed by atoms with van der Waals surface area (Å²) in [6.07, 6.45) is 3.34. The number of nitrogens with one attached hydrogen (secondary N) is 1. The molecule has 1 aromatic heterocycles. The molecule has 0 fully saturated rings. The third-order valence-electron chi connectivity index (χ3n) is 2.05. The molecule has 82 valence electrons. The van der Waals surface area contributed by atoms with Gasteiger partial charge in [-0.05, 0) is 18.2 Å². The van der Waals surface area contributed by atoms with Gasteiger partial charge in [-0.2, -0.15) is 0 Å². The molecule has 3 nitrogen and oxygen atoms in total. The van der Waals surface area contributed by atoms with E-state index in [2.05, 4.69) is 15.3 Å². The lowest BCUT2D eigenvalue weighted by molar-refractivity contribution is 1.05. The Morgan fingerprint density at radius 2 is 1.62 bits per heavy atom. The number of hydrogen-bond acceptors (Lipinski definition) is 3. The van der Waals surface area contributed by atoms with Gasteiger partial charge in [0.2, 0.25) is 5.95 Å². The number of anilines is 1. The quantitative estimate of drug-likeness (QED) is 0.912. The standard InChI is InChI=1S/C11H9Cl2N3/c12-9-3-1-4-10(13)8(9)7-16-11-14-5-2-6-15-11/h1-6H,7H2,(H,14,15,16). The van der Waals surface area contributed by atoms with E-state index in [1.807, 2.05) is 6.07 Å². The molecule has 0 unspecified atom stereocenters. The Labute approximate surface area is 103 Å². The number of rotatable bonds is 3. The SMILES string of the molecule is Clc1cccc(Cl)c1CNc1ncccn1. The first-order valence-corrected chi connectivity index (χ1v) is 5.47. The molecule has 0 amide bonds. The second-order valence-electron chi connectivity index (χ2n) is 3.13. The van der Waals surface area contributed by atoms with Gasteiger partial charge >= 0.3 is 0 Å². The van der Waals surface area contributed by atoms with Gasteiger partial charge in [0.1, 0.15) is 0 Å². The molecule has 0 aliphatic heterocycles. The fourth-order valence-electron chi connectivity index (χ4n) is 1.26. The maximum absolute atomic E-state index is 6.03. The van der Waals surface area contributed by atoms with Gasteiger partial charge in [-0.25, -0.2) is 9.97 Å². The topological polar surface area (TPSA) is 37.8 Å². The van der Waals surface area contributed by atoms with Gasteiger partial charge in [-0.1, -0.05) is 29.3 Å². The summed E-state index contributed by atoms with van der Waals surface area (Å²) in [6.45, 7) is 0.503. The molecule has 16 heavy (non-hydrogen) atoms. The summed E-state index contributed by atoms with van der Waals surface area (Å²) < 4.78 is 0. The highest BCUT2D eigenvalue weighted by Crippen LogP contribution is 2.24. The predicted molar refractivity (Wildman–Crippen MR) is 65.8 cm³/mol. The number of aromatic nitrogens is 2. The third kappa shape index (κ3) is 2.62. The highest BCUT2D eigenvalue weighted by molar-refractivity contribution is 6.36. The van der Waals surface area contributed by atoms with Gasteiger partial charge in [-0.15, -0.1) is 0 Å². The van der Waals surface area contributed by atoms with E-state index in [4.69, 9.17) is 23.2 Å². The maximum Gasteiger partial charge on any atom is 0.222 e. The molecule has 5 heteroatoms. The lowest BCUT2D eigenvalue weighted by Crippen LogP contribution is -2.03. The van der Waals surface area contributed by atoms with Crippen molar-refractivity contribution in [1.82, 2.24) is 9.97 Å². The molecule has 0 bridgehead atoms. The van der Waals surface area contributed by atoms with Gasteiger partial charge < -0.3 is 5.32 Å². The zero-order valence-corrected chi connectivity index (χ0v) is 9.83. The number of hydrogen-bond donors (Lipinski definition) is 1. The van der Waals surface area contributed by atoms with Gasteiger partial charge in [-0.3, -0.25) is 0 Å². The molecule has 0 aliphatic rings. The van der Waals surface area contributed by atoms with Crippen molar-refractivity contribution < 1.29 is 0 Å². The van der Waals surface area contributed by atoms with E-state index in [9.17, 15) is 0 Å². The van der Waals surface area contributed by atoms with Crippen LogP contribution in [-0.2, 0) is 6.54 Å². The van der Waals surface area contributed by atoms with E-state index in [-0.39, 0.29) is 0 Å². The fourth-order valence-corrected chi connectivity index (χ4v) is 1.79. The monoisotopic (exact) mass is 253 g/mol. The molecule has 0 saturated carbocycles. The first kappa shape index (κ1) is 11.2. The smallest absolute Gasteiger partial charge is 0.222 e. The number of benzene rings is 1. The molecule has 1 N–H and O–H groups in total. The second kappa shape index (κ2) is 5.14. The van der Waals surface area contributed by atoms with Crippen molar-refractivity contribution in [3.63, 3.8) is 0 Å². The van der Waals surface area contributed by atoms with Crippen molar-refractivity contribution in [1.29, 1.82) is 0 Å². The molecular weight excluding hydrogens is 245 g/mol. The van der Waals surface area contributed by atoms with Gasteiger partial charge in [0.25, 0.3) is 0 Å². The average molecular weight is 254 g/mol. The first-order valence-electron chi connectivity index (χ1n) is 4.71. The molecule has 0 spiro atoms. The minimum atomic E-state index is 0.503. The summed E-state index contributed by atoms with van der Waals surface area (Å²) in [5.41, 5.74) is 0.846. The highest BCUT2D eigenvalue weighted by Gasteiger charge is 2.05. The summed E-state index contributed by atoms with van der Waals surface area (Å²) in [5.74, 6) is 0.554. The van der Waals surface area contributed by atoms with Crippen LogP contribution in [0.3, 0.4) is 0 Å². The van der Waals surface area contributed by atoms with E-state index in [1.54, 1.807) is 30.6 Å². The Kier molecular flexibility index (Phi) is 3.59. The maximum atomic E-state index is 6.03. The summed E-state index contributed by atoms with van der Waals surface area (Å²) in [4.78, 5) is 8.09. The zero-order chi connectivity index (χ0) is 11.4. The van der Waals surface area contributed by atoms with Crippen molar-refractivity contribution in [3.05, 3.63) is 52.3 Å². The predicted octanol–water partition coefficient (Wildman–Crippen LogP) is 3.40. The second-order valence-corrected chi connectivity index (χ2v) is 3.94. The summed E-state index contributed by atoms with van der Waals surface area (Å²) in [6, 6.07) is 7.17. The molecular formula is C11H9Cl2N3. The molecule has 0 saturated heterocycles. The van der Waals surface area contributed by atoms with Crippen LogP contribution < -0.4 is 5.32 Å². The van der Waals surface area contributed by atoms with E-state index in [1.165, 1.54) is 0 Å². The molecule has 0 atom stereocenters. The van der Waals surface area contributed by atoms with Crippen molar-refractivity contribution in [2.24, 2.45) is 0 Å². The number of nitrogens with zero attached hydrogens (tertiary/aromatic N) is 2. The molecule has 1 aromatic carbocycles. The highest BCUT2D eigenvalue weighted by atomic mass is 35.5. The van der Waals surface area contributed by atoms with Crippen LogP contribution in [-0.4, -0.2) is 9.97 Å². The molecule has 2 rings (SSSR count). The van der Waals surface area contributed by atoms with Gasteiger partial charge in [0.05, 0.1) is 0 Å². The summed E-state index contributed by atoms with van der Waals surface area (Å²) in [5, 5.41) is 4.32. The zero-order valence-electron chi connectivity index (χ0n) is 8.32. The van der Waals surface area contributed by atoms with E-state index in [0.29, 0.717) is 22.5 Å². The summed E-state index contributed by atoms with van der Waals surface area (Å²) >= 11 is 12.1. The Bertz CT molecular complexity index is 454. The molecule has 1 heterocycles. The van der Waals surface area contributed by atoms with Crippen LogP contribution in [0.15, 0.2) is 36.7 Å². The summed E-state index contributed by atoms with van der Waals surface area (Å²) in [7, 11) is 0. The molecule has 0 aliphatic carbocycles. The van der Waals surface area contributed by atoms with Crippen molar-refractivity contribution >= 4 is 29.2 Å². The van der Waals surface area contributed by atoms with Crippen LogP contribution in [0, 0.1) is 0 Å². The fraction of sp³-hybridized carbons (Fsp3) is 0.0909. The lowest BCUT2D eigenvalue weighted by atomic mass is 10.2. The Hall–Kier alpha value is -1.32. The van der Waals surface area contributed by atoms with Gasteiger partial charge in [0, 0.05) is 34.5 Å². The third-order valence-corrected chi connectivity index (χ3v) is 2.76. The minimum absolute atomic E-state index is 0.503. The first-order chi connectivity index (χ1) is 7.77. The Morgan fingerprint density at radius 3 is 2.25 bits per heavy atom. The van der Waals surface area contributed by atoms with Crippen LogP contribution in [0.25, 0.3) is 0 Å². The van der Waals surface area contributed by atoms with E-state index in [0.717, 1.165) is 5.56 Å². The van der Waals surface area contributed by atoms with Crippen LogP contribution in [0.5, 0.6) is 0 Å². The van der Waals surface area contributed by atoms with Crippen LogP contribution in [0.1, 0.15) is 5.56 Å².